The van der Waals surface area contributed by atoms with Gasteiger partial charge in [-0.05, 0) is 29.7 Å². The molecule has 0 spiro atoms. The van der Waals surface area contributed by atoms with Crippen LogP contribution < -0.4 is 5.32 Å². The third-order valence-corrected chi connectivity index (χ3v) is 3.02. The van der Waals surface area contributed by atoms with Crippen LogP contribution in [0.3, 0.4) is 0 Å². The number of rotatable bonds is 6. The summed E-state index contributed by atoms with van der Waals surface area (Å²) in [6.45, 7) is 2.66. The Kier molecular flexibility index (Phi) is 4.65. The Labute approximate surface area is 117 Å². The molecule has 0 aliphatic carbocycles. The summed E-state index contributed by atoms with van der Waals surface area (Å²) in [4.78, 5) is 18.9. The van der Waals surface area contributed by atoms with E-state index in [2.05, 4.69) is 22.2 Å². The van der Waals surface area contributed by atoms with Crippen molar-refractivity contribution >= 4 is 11.7 Å². The first-order valence-corrected chi connectivity index (χ1v) is 6.54. The fourth-order valence-electron chi connectivity index (χ4n) is 2.02. The average molecular weight is 271 g/mol. The SMILES string of the molecule is CCCc1ccc(C(=O)O)cc1CNc1cncnc1. The van der Waals surface area contributed by atoms with Gasteiger partial charge in [0.1, 0.15) is 6.33 Å². The summed E-state index contributed by atoms with van der Waals surface area (Å²) in [6, 6.07) is 5.28. The number of anilines is 1. The number of benzene rings is 1. The minimum atomic E-state index is -0.905. The summed E-state index contributed by atoms with van der Waals surface area (Å²) in [5.74, 6) is -0.905. The van der Waals surface area contributed by atoms with Crippen molar-refractivity contribution < 1.29 is 9.90 Å². The fourth-order valence-corrected chi connectivity index (χ4v) is 2.02. The third kappa shape index (κ3) is 3.54. The zero-order chi connectivity index (χ0) is 14.4. The van der Waals surface area contributed by atoms with Gasteiger partial charge >= 0.3 is 5.97 Å². The smallest absolute Gasteiger partial charge is 0.335 e. The maximum Gasteiger partial charge on any atom is 0.335 e. The monoisotopic (exact) mass is 271 g/mol. The molecule has 104 valence electrons. The Morgan fingerprint density at radius 3 is 2.65 bits per heavy atom. The van der Waals surface area contributed by atoms with Gasteiger partial charge in [0.2, 0.25) is 0 Å². The summed E-state index contributed by atoms with van der Waals surface area (Å²) in [7, 11) is 0. The number of carbonyl (C=O) groups is 1. The van der Waals surface area contributed by atoms with Crippen molar-refractivity contribution in [3.05, 3.63) is 53.6 Å². The van der Waals surface area contributed by atoms with Crippen LogP contribution in [-0.4, -0.2) is 21.0 Å². The highest BCUT2D eigenvalue weighted by molar-refractivity contribution is 5.87. The third-order valence-electron chi connectivity index (χ3n) is 3.02. The second-order valence-corrected chi connectivity index (χ2v) is 4.52. The van der Waals surface area contributed by atoms with Gasteiger partial charge in [-0.25, -0.2) is 14.8 Å². The number of carboxylic acid groups (broad SMARTS) is 1. The second kappa shape index (κ2) is 6.65. The molecule has 0 saturated heterocycles. The topological polar surface area (TPSA) is 75.1 Å². The van der Waals surface area contributed by atoms with Crippen LogP contribution in [-0.2, 0) is 13.0 Å². The molecule has 1 aromatic heterocycles. The summed E-state index contributed by atoms with van der Waals surface area (Å²) < 4.78 is 0. The van der Waals surface area contributed by atoms with Gasteiger partial charge < -0.3 is 10.4 Å². The molecular formula is C15H17N3O2. The standard InChI is InChI=1S/C15H17N3O2/c1-2-3-11-4-5-12(15(19)20)6-13(11)7-18-14-8-16-10-17-9-14/h4-6,8-10,18H,2-3,7H2,1H3,(H,19,20). The van der Waals surface area contributed by atoms with E-state index in [1.165, 1.54) is 11.9 Å². The first-order chi connectivity index (χ1) is 9.70. The molecule has 20 heavy (non-hydrogen) atoms. The molecule has 1 heterocycles. The van der Waals surface area contributed by atoms with E-state index in [9.17, 15) is 4.79 Å². The van der Waals surface area contributed by atoms with E-state index in [1.807, 2.05) is 6.07 Å². The van der Waals surface area contributed by atoms with Gasteiger partial charge in [-0.1, -0.05) is 19.4 Å². The van der Waals surface area contributed by atoms with Crippen molar-refractivity contribution in [3.8, 4) is 0 Å². The molecule has 5 nitrogen and oxygen atoms in total. The Bertz CT molecular complexity index is 585. The number of aryl methyl sites for hydroxylation is 1. The average Bonchev–Trinajstić information content (AvgIpc) is 2.47. The number of aromatic carboxylic acids is 1. The zero-order valence-corrected chi connectivity index (χ0v) is 11.3. The molecule has 1 aromatic carbocycles. The number of hydrogen-bond donors (Lipinski definition) is 2. The maximum atomic E-state index is 11.1. The molecular weight excluding hydrogens is 254 g/mol. The largest absolute Gasteiger partial charge is 0.478 e. The molecule has 0 fully saturated rings. The van der Waals surface area contributed by atoms with Gasteiger partial charge in [0, 0.05) is 6.54 Å². The van der Waals surface area contributed by atoms with Crippen molar-refractivity contribution in [2.45, 2.75) is 26.3 Å². The highest BCUT2D eigenvalue weighted by Gasteiger charge is 2.08. The molecule has 2 aromatic rings. The lowest BCUT2D eigenvalue weighted by atomic mass is 10.00. The first-order valence-electron chi connectivity index (χ1n) is 6.54. The summed E-state index contributed by atoms with van der Waals surface area (Å²) >= 11 is 0. The van der Waals surface area contributed by atoms with E-state index in [1.54, 1.807) is 24.5 Å². The van der Waals surface area contributed by atoms with Gasteiger partial charge in [-0.3, -0.25) is 0 Å². The molecule has 5 heteroatoms. The van der Waals surface area contributed by atoms with E-state index < -0.39 is 5.97 Å². The number of nitrogens with zero attached hydrogens (tertiary/aromatic N) is 2. The Morgan fingerprint density at radius 2 is 2.00 bits per heavy atom. The van der Waals surface area contributed by atoms with Gasteiger partial charge in [0.05, 0.1) is 23.6 Å². The molecule has 0 bridgehead atoms. The lowest BCUT2D eigenvalue weighted by Crippen LogP contribution is -2.06. The molecule has 2 N–H and O–H groups in total. The minimum Gasteiger partial charge on any atom is -0.478 e. The lowest BCUT2D eigenvalue weighted by molar-refractivity contribution is 0.0696. The summed E-state index contributed by atoms with van der Waals surface area (Å²) in [5, 5.41) is 12.3. The van der Waals surface area contributed by atoms with Crippen LogP contribution in [0.4, 0.5) is 5.69 Å². The maximum absolute atomic E-state index is 11.1. The first kappa shape index (κ1) is 14.0. The van der Waals surface area contributed by atoms with Crippen molar-refractivity contribution in [2.24, 2.45) is 0 Å². The van der Waals surface area contributed by atoms with E-state index in [0.717, 1.165) is 24.1 Å². The van der Waals surface area contributed by atoms with E-state index in [0.29, 0.717) is 12.1 Å². The number of aromatic nitrogens is 2. The fraction of sp³-hybridized carbons (Fsp3) is 0.267. The number of nitrogens with one attached hydrogen (secondary N) is 1. The normalized spacial score (nSPS) is 10.2. The van der Waals surface area contributed by atoms with Crippen LogP contribution >= 0.6 is 0 Å². The molecule has 0 saturated carbocycles. The predicted molar refractivity (Wildman–Crippen MR) is 76.8 cm³/mol. The predicted octanol–water partition coefficient (Wildman–Crippen LogP) is 2.74. The molecule has 0 radical (unpaired) electrons. The summed E-state index contributed by atoms with van der Waals surface area (Å²) in [5.41, 5.74) is 3.29. The molecule has 0 aliphatic rings. The van der Waals surface area contributed by atoms with Crippen molar-refractivity contribution in [1.82, 2.24) is 9.97 Å². The van der Waals surface area contributed by atoms with E-state index in [4.69, 9.17) is 5.11 Å². The van der Waals surface area contributed by atoms with Crippen LogP contribution in [0.5, 0.6) is 0 Å². The van der Waals surface area contributed by atoms with Crippen molar-refractivity contribution in [2.75, 3.05) is 5.32 Å². The van der Waals surface area contributed by atoms with Crippen LogP contribution in [0.2, 0.25) is 0 Å². The highest BCUT2D eigenvalue weighted by atomic mass is 16.4. The molecule has 0 atom stereocenters. The van der Waals surface area contributed by atoms with Crippen LogP contribution in [0.15, 0.2) is 36.9 Å². The molecule has 0 aliphatic heterocycles. The minimum absolute atomic E-state index is 0.311. The van der Waals surface area contributed by atoms with Gasteiger partial charge in [-0.2, -0.15) is 0 Å². The molecule has 0 amide bonds. The summed E-state index contributed by atoms with van der Waals surface area (Å²) in [6.07, 6.45) is 6.80. The number of carboxylic acids is 1. The second-order valence-electron chi connectivity index (χ2n) is 4.52. The Hall–Kier alpha value is -2.43. The molecule has 2 rings (SSSR count). The van der Waals surface area contributed by atoms with Crippen LogP contribution in [0.1, 0.15) is 34.8 Å². The van der Waals surface area contributed by atoms with Gasteiger partial charge in [0.15, 0.2) is 0 Å². The van der Waals surface area contributed by atoms with Crippen molar-refractivity contribution in [1.29, 1.82) is 0 Å². The molecule has 0 unspecified atom stereocenters. The van der Waals surface area contributed by atoms with Crippen LogP contribution in [0.25, 0.3) is 0 Å². The highest BCUT2D eigenvalue weighted by Crippen LogP contribution is 2.16. The van der Waals surface area contributed by atoms with Crippen molar-refractivity contribution in [3.63, 3.8) is 0 Å². The Balaban J connectivity index is 2.19. The Morgan fingerprint density at radius 1 is 1.25 bits per heavy atom. The quantitative estimate of drug-likeness (QED) is 0.845. The van der Waals surface area contributed by atoms with Gasteiger partial charge in [-0.15, -0.1) is 0 Å². The zero-order valence-electron chi connectivity index (χ0n) is 11.3. The number of hydrogen-bond acceptors (Lipinski definition) is 4. The van der Waals surface area contributed by atoms with Crippen LogP contribution in [0, 0.1) is 0 Å². The lowest BCUT2D eigenvalue weighted by Gasteiger charge is -2.11. The van der Waals surface area contributed by atoms with Gasteiger partial charge in [0.25, 0.3) is 0 Å². The van der Waals surface area contributed by atoms with E-state index in [-0.39, 0.29) is 0 Å². The van der Waals surface area contributed by atoms with E-state index >= 15 is 0 Å².